The Bertz CT molecular complexity index is 599. The van der Waals surface area contributed by atoms with Gasteiger partial charge in [0.05, 0.1) is 12.6 Å². The van der Waals surface area contributed by atoms with Gasteiger partial charge in [0.1, 0.15) is 0 Å². The van der Waals surface area contributed by atoms with Crippen LogP contribution in [0.4, 0.5) is 0 Å². The number of hydrogen-bond acceptors (Lipinski definition) is 6. The zero-order valence-corrected chi connectivity index (χ0v) is 13.5. The Hall–Kier alpha value is -1.25. The second-order valence-corrected chi connectivity index (χ2v) is 7.89. The topological polar surface area (TPSA) is 76.6 Å². The minimum absolute atomic E-state index is 0.110. The average Bonchev–Trinajstić information content (AvgIpc) is 2.83. The van der Waals surface area contributed by atoms with Crippen LogP contribution < -0.4 is 0 Å². The first-order valence-electron chi connectivity index (χ1n) is 5.81. The van der Waals surface area contributed by atoms with Crippen LogP contribution in [0.3, 0.4) is 0 Å². The summed E-state index contributed by atoms with van der Waals surface area (Å²) in [7, 11) is -2.66. The van der Waals surface area contributed by atoms with Crippen molar-refractivity contribution >= 4 is 27.3 Å². The van der Waals surface area contributed by atoms with E-state index in [4.69, 9.17) is 0 Å². The quantitative estimate of drug-likeness (QED) is 0.612. The van der Waals surface area contributed by atoms with Crippen molar-refractivity contribution in [3.05, 3.63) is 23.9 Å². The van der Waals surface area contributed by atoms with Gasteiger partial charge < -0.3 is 4.74 Å². The third-order valence-electron chi connectivity index (χ3n) is 2.48. The predicted octanol–water partition coefficient (Wildman–Crippen LogP) is 1.90. The standard InChI is InChI=1S/C12H18N2O4S2/c1-6-7-14(12(2,3)4)20(16,17)11-9(10(15)18-5)13-8-19-11/h6,8H,1,7H2,2-5H3. The minimum atomic E-state index is -3.85. The lowest BCUT2D eigenvalue weighted by atomic mass is 10.1. The number of sulfonamides is 1. The maximum atomic E-state index is 12.7. The van der Waals surface area contributed by atoms with Gasteiger partial charge in [-0.2, -0.15) is 4.31 Å². The second-order valence-electron chi connectivity index (χ2n) is 4.98. The molecule has 0 fully saturated rings. The summed E-state index contributed by atoms with van der Waals surface area (Å²) in [5.74, 6) is -0.766. The Kier molecular flexibility index (Phi) is 5.06. The van der Waals surface area contributed by atoms with Gasteiger partial charge in [0.25, 0.3) is 10.0 Å². The van der Waals surface area contributed by atoms with Gasteiger partial charge in [-0.05, 0) is 20.8 Å². The van der Waals surface area contributed by atoms with E-state index in [1.165, 1.54) is 23.0 Å². The highest BCUT2D eigenvalue weighted by atomic mass is 32.2. The molecule has 0 aliphatic carbocycles. The number of carbonyl (C=O) groups is 1. The summed E-state index contributed by atoms with van der Waals surface area (Å²) >= 11 is 0.895. The van der Waals surface area contributed by atoms with Crippen LogP contribution in [0.15, 0.2) is 22.4 Å². The molecule has 1 rings (SSSR count). The number of nitrogens with zero attached hydrogens (tertiary/aromatic N) is 2. The molecule has 8 heteroatoms. The molecule has 0 N–H and O–H groups in total. The van der Waals surface area contributed by atoms with Crippen molar-refractivity contribution in [3.63, 3.8) is 0 Å². The first-order chi connectivity index (χ1) is 9.16. The molecule has 0 aliphatic rings. The third-order valence-corrected chi connectivity index (χ3v) is 5.96. The Labute approximate surface area is 123 Å². The van der Waals surface area contributed by atoms with Crippen LogP contribution in [0.2, 0.25) is 0 Å². The van der Waals surface area contributed by atoms with Crippen molar-refractivity contribution in [3.8, 4) is 0 Å². The van der Waals surface area contributed by atoms with E-state index in [0.29, 0.717) is 0 Å². The number of hydrogen-bond donors (Lipinski definition) is 0. The molecule has 0 spiro atoms. The summed E-state index contributed by atoms with van der Waals surface area (Å²) in [5, 5.41) is 0. The summed E-state index contributed by atoms with van der Waals surface area (Å²) in [6, 6.07) is 0. The third kappa shape index (κ3) is 3.25. The smallest absolute Gasteiger partial charge is 0.358 e. The van der Waals surface area contributed by atoms with Gasteiger partial charge in [0, 0.05) is 12.1 Å². The molecular formula is C12H18N2O4S2. The molecule has 0 aliphatic heterocycles. The maximum Gasteiger partial charge on any atom is 0.358 e. The highest BCUT2D eigenvalue weighted by Gasteiger charge is 2.37. The lowest BCUT2D eigenvalue weighted by Gasteiger charge is -2.33. The van der Waals surface area contributed by atoms with Crippen LogP contribution in [0.25, 0.3) is 0 Å². The molecular weight excluding hydrogens is 300 g/mol. The number of ether oxygens (including phenoxy) is 1. The van der Waals surface area contributed by atoms with E-state index >= 15 is 0 Å². The average molecular weight is 318 g/mol. The van der Waals surface area contributed by atoms with Crippen LogP contribution in [0, 0.1) is 0 Å². The summed E-state index contributed by atoms with van der Waals surface area (Å²) in [5.41, 5.74) is 0.481. The minimum Gasteiger partial charge on any atom is -0.464 e. The van der Waals surface area contributed by atoms with Crippen molar-refractivity contribution in [1.29, 1.82) is 0 Å². The Morgan fingerprint density at radius 1 is 1.55 bits per heavy atom. The number of rotatable bonds is 5. The molecule has 1 aromatic heterocycles. The van der Waals surface area contributed by atoms with E-state index in [-0.39, 0.29) is 16.4 Å². The number of methoxy groups -OCH3 is 1. The number of thiazole rings is 1. The molecule has 0 bridgehead atoms. The lowest BCUT2D eigenvalue weighted by molar-refractivity contribution is 0.0590. The SMILES string of the molecule is C=CCN(C(C)(C)C)S(=O)(=O)c1scnc1C(=O)OC. The van der Waals surface area contributed by atoms with Gasteiger partial charge in [-0.15, -0.1) is 17.9 Å². The normalized spacial score (nSPS) is 12.4. The fourth-order valence-corrected chi connectivity index (χ4v) is 4.59. The van der Waals surface area contributed by atoms with Crippen LogP contribution in [0.5, 0.6) is 0 Å². The first-order valence-corrected chi connectivity index (χ1v) is 8.13. The van der Waals surface area contributed by atoms with E-state index in [1.807, 2.05) is 0 Å². The van der Waals surface area contributed by atoms with Gasteiger partial charge in [-0.25, -0.2) is 18.2 Å². The van der Waals surface area contributed by atoms with Gasteiger partial charge in [0.2, 0.25) is 0 Å². The maximum absolute atomic E-state index is 12.7. The van der Waals surface area contributed by atoms with Crippen LogP contribution >= 0.6 is 11.3 Å². The van der Waals surface area contributed by atoms with Gasteiger partial charge in [-0.1, -0.05) is 6.08 Å². The van der Waals surface area contributed by atoms with E-state index < -0.39 is 21.5 Å². The van der Waals surface area contributed by atoms with Gasteiger partial charge >= 0.3 is 5.97 Å². The monoisotopic (exact) mass is 318 g/mol. The van der Waals surface area contributed by atoms with E-state index in [9.17, 15) is 13.2 Å². The van der Waals surface area contributed by atoms with Gasteiger partial charge in [-0.3, -0.25) is 0 Å². The summed E-state index contributed by atoms with van der Waals surface area (Å²) < 4.78 is 31.1. The van der Waals surface area contributed by atoms with Crippen molar-refractivity contribution in [2.75, 3.05) is 13.7 Å². The van der Waals surface area contributed by atoms with E-state index in [1.54, 1.807) is 20.8 Å². The molecule has 0 radical (unpaired) electrons. The van der Waals surface area contributed by atoms with E-state index in [2.05, 4.69) is 16.3 Å². The summed E-state index contributed by atoms with van der Waals surface area (Å²) in [6.45, 7) is 9.03. The molecule has 0 aromatic carbocycles. The van der Waals surface area contributed by atoms with Crippen molar-refractivity contribution in [2.45, 2.75) is 30.5 Å². The summed E-state index contributed by atoms with van der Waals surface area (Å²) in [4.78, 5) is 15.4. The highest BCUT2D eigenvalue weighted by molar-refractivity contribution is 7.91. The molecule has 20 heavy (non-hydrogen) atoms. The summed E-state index contributed by atoms with van der Waals surface area (Å²) in [6.07, 6.45) is 1.50. The largest absolute Gasteiger partial charge is 0.464 e. The van der Waals surface area contributed by atoms with Gasteiger partial charge in [0.15, 0.2) is 9.90 Å². The fraction of sp³-hybridized carbons (Fsp3) is 0.500. The fourth-order valence-electron chi connectivity index (χ4n) is 1.60. The predicted molar refractivity (Wildman–Crippen MR) is 77.3 cm³/mol. The zero-order valence-electron chi connectivity index (χ0n) is 11.9. The molecule has 1 heterocycles. The van der Waals surface area contributed by atoms with Crippen LogP contribution in [-0.2, 0) is 14.8 Å². The first kappa shape index (κ1) is 16.8. The second kappa shape index (κ2) is 6.02. The molecule has 112 valence electrons. The molecule has 0 amide bonds. The highest BCUT2D eigenvalue weighted by Crippen LogP contribution is 2.29. The zero-order chi connectivity index (χ0) is 15.6. The van der Waals surface area contributed by atoms with Crippen LogP contribution in [-0.4, -0.2) is 42.9 Å². The van der Waals surface area contributed by atoms with Crippen molar-refractivity contribution < 1.29 is 17.9 Å². The molecule has 0 unspecified atom stereocenters. The molecule has 1 aromatic rings. The molecule has 0 saturated heterocycles. The lowest BCUT2D eigenvalue weighted by Crippen LogP contribution is -2.45. The van der Waals surface area contributed by atoms with Crippen molar-refractivity contribution in [1.82, 2.24) is 9.29 Å². The Balaban J connectivity index is 3.38. The molecule has 6 nitrogen and oxygen atoms in total. The number of aromatic nitrogens is 1. The number of esters is 1. The van der Waals surface area contributed by atoms with Crippen molar-refractivity contribution in [2.24, 2.45) is 0 Å². The van der Waals surface area contributed by atoms with Crippen LogP contribution in [0.1, 0.15) is 31.3 Å². The van der Waals surface area contributed by atoms with E-state index in [0.717, 1.165) is 11.3 Å². The molecule has 0 atom stereocenters. The molecule has 0 saturated carbocycles. The number of carbonyl (C=O) groups excluding carboxylic acids is 1. The Morgan fingerprint density at radius 2 is 2.15 bits per heavy atom. The Morgan fingerprint density at radius 3 is 2.60 bits per heavy atom.